The zero-order chi connectivity index (χ0) is 34.1. The highest BCUT2D eigenvalue weighted by Gasteiger charge is 2.68. The van der Waals surface area contributed by atoms with Crippen LogP contribution in [-0.2, 0) is 28.7 Å². The Kier molecular flexibility index (Phi) is 7.26. The van der Waals surface area contributed by atoms with Crippen LogP contribution in [0.5, 0.6) is 0 Å². The number of ether oxygens (including phenoxy) is 2. The molecule has 8 heteroatoms. The van der Waals surface area contributed by atoms with E-state index in [1.54, 1.807) is 0 Å². The molecule has 8 rings (SSSR count). The lowest BCUT2D eigenvalue weighted by molar-refractivity contribution is -0.176. The predicted molar refractivity (Wildman–Crippen MR) is 176 cm³/mol. The first-order valence-corrected chi connectivity index (χ1v) is 18.9. The smallest absolute Gasteiger partial charge is 0.316 e. The SMILES string of the molecule is COC(=O)[C@]12CC[C@](O)([C@]3(O)C=C4CC[C@@H]5[C@H](CC[C@]6(C)C(=O)CC[C@@H]56)[C@@]4(C(=O)OC)CC3)C=C1CC[C@@H]1[C@@H]2CC[C@]2(C)C(=O)CC[C@@H]12. The molecule has 6 fully saturated rings. The van der Waals surface area contributed by atoms with Crippen LogP contribution in [0, 0.1) is 57.2 Å². The molecule has 0 aliphatic heterocycles. The second kappa shape index (κ2) is 10.6. The summed E-state index contributed by atoms with van der Waals surface area (Å²) in [5.74, 6) is 1.32. The maximum Gasteiger partial charge on any atom is 0.316 e. The van der Waals surface area contributed by atoms with Crippen molar-refractivity contribution in [3.05, 3.63) is 23.3 Å². The summed E-state index contributed by atoms with van der Waals surface area (Å²) in [5, 5.41) is 25.1. The number of carbonyl (C=O) groups excluding carboxylic acids is 4. The first kappa shape index (κ1) is 32.9. The summed E-state index contributed by atoms with van der Waals surface area (Å²) in [6.45, 7) is 4.26. The molecule has 0 radical (unpaired) electrons. The minimum atomic E-state index is -1.60. The summed E-state index contributed by atoms with van der Waals surface area (Å²) in [6, 6.07) is 0. The molecule has 0 aromatic heterocycles. The van der Waals surface area contributed by atoms with Crippen molar-refractivity contribution in [2.45, 2.75) is 128 Å². The van der Waals surface area contributed by atoms with Gasteiger partial charge in [-0.05, 0) is 138 Å². The van der Waals surface area contributed by atoms with E-state index in [1.165, 1.54) is 14.2 Å². The zero-order valence-corrected chi connectivity index (χ0v) is 29.3. The summed E-state index contributed by atoms with van der Waals surface area (Å²) in [6.07, 6.45) is 13.9. The summed E-state index contributed by atoms with van der Waals surface area (Å²) >= 11 is 0. The van der Waals surface area contributed by atoms with Gasteiger partial charge in [-0.25, -0.2) is 0 Å². The van der Waals surface area contributed by atoms with Crippen molar-refractivity contribution in [2.75, 3.05) is 14.2 Å². The maximum absolute atomic E-state index is 13.9. The lowest BCUT2D eigenvalue weighted by Gasteiger charge is -2.60. The average molecular weight is 663 g/mol. The Hall–Kier alpha value is -2.32. The molecule has 0 aromatic carbocycles. The Morgan fingerprint density at radius 3 is 1.35 bits per heavy atom. The van der Waals surface area contributed by atoms with Gasteiger partial charge in [0.25, 0.3) is 0 Å². The fraction of sp³-hybridized carbons (Fsp3) is 0.800. The molecule has 8 aliphatic carbocycles. The standard InChI is InChI=1S/C40H54O8/c1-35-15-13-29-25(27(35)9-11-31(35)41)7-5-23-21-37(45,17-19-39(23,29)33(43)47-3)38(46)18-20-40(34(44)48-4)24(22-38)6-8-26-28-10-12-32(42)36(28,2)16-14-30(26)40/h21-22,25-30,45-46H,5-20H2,1-4H3/t25-,26-,27-,28-,29-,30-,35-,36-,37+,38+,39+,40+/m0/s1. The molecule has 48 heavy (non-hydrogen) atoms. The van der Waals surface area contributed by atoms with E-state index in [4.69, 9.17) is 9.47 Å². The van der Waals surface area contributed by atoms with E-state index in [2.05, 4.69) is 13.8 Å². The lowest BCUT2D eigenvalue weighted by Crippen LogP contribution is -2.63. The first-order valence-electron chi connectivity index (χ1n) is 18.9. The fourth-order valence-electron chi connectivity index (χ4n) is 14.1. The van der Waals surface area contributed by atoms with Gasteiger partial charge in [-0.1, -0.05) is 25.0 Å². The number of Topliss-reactive ketones (excluding diaryl/α,β-unsaturated/α-hetero) is 2. The summed E-state index contributed by atoms with van der Waals surface area (Å²) in [4.78, 5) is 53.8. The van der Waals surface area contributed by atoms with Crippen LogP contribution in [0.15, 0.2) is 23.3 Å². The molecule has 8 nitrogen and oxygen atoms in total. The number of carbonyl (C=O) groups is 4. The van der Waals surface area contributed by atoms with Crippen molar-refractivity contribution in [3.63, 3.8) is 0 Å². The largest absolute Gasteiger partial charge is 0.468 e. The van der Waals surface area contributed by atoms with E-state index in [1.807, 2.05) is 12.2 Å². The second-order valence-corrected chi connectivity index (χ2v) is 17.8. The van der Waals surface area contributed by atoms with Crippen LogP contribution < -0.4 is 0 Å². The molecule has 0 spiro atoms. The van der Waals surface area contributed by atoms with E-state index in [9.17, 15) is 29.4 Å². The molecule has 8 aliphatic rings. The van der Waals surface area contributed by atoms with E-state index in [0.29, 0.717) is 50.1 Å². The van der Waals surface area contributed by atoms with E-state index in [0.717, 1.165) is 62.5 Å². The first-order chi connectivity index (χ1) is 22.7. The van der Waals surface area contributed by atoms with Crippen LogP contribution in [0.1, 0.15) is 117 Å². The van der Waals surface area contributed by atoms with Crippen LogP contribution in [0.4, 0.5) is 0 Å². The number of aliphatic hydroxyl groups is 2. The number of fused-ring (bicyclic) bond motifs is 10. The van der Waals surface area contributed by atoms with Crippen LogP contribution in [0.3, 0.4) is 0 Å². The van der Waals surface area contributed by atoms with E-state index >= 15 is 0 Å². The van der Waals surface area contributed by atoms with Gasteiger partial charge in [0.1, 0.15) is 22.8 Å². The minimum absolute atomic E-state index is 0.0412. The van der Waals surface area contributed by atoms with Crippen LogP contribution in [0.2, 0.25) is 0 Å². The molecule has 262 valence electrons. The Bertz CT molecular complexity index is 1420. The maximum atomic E-state index is 13.9. The minimum Gasteiger partial charge on any atom is -0.468 e. The number of hydrogen-bond donors (Lipinski definition) is 2. The highest BCUT2D eigenvalue weighted by atomic mass is 16.5. The van der Waals surface area contributed by atoms with Crippen molar-refractivity contribution < 1.29 is 38.9 Å². The number of hydrogen-bond acceptors (Lipinski definition) is 8. The van der Waals surface area contributed by atoms with Gasteiger partial charge in [-0.2, -0.15) is 0 Å². The Morgan fingerprint density at radius 1 is 0.583 bits per heavy atom. The predicted octanol–water partition coefficient (Wildman–Crippen LogP) is 5.82. The summed E-state index contributed by atoms with van der Waals surface area (Å²) < 4.78 is 11.1. The average Bonchev–Trinajstić information content (AvgIpc) is 3.57. The zero-order valence-electron chi connectivity index (χ0n) is 29.3. The van der Waals surface area contributed by atoms with Gasteiger partial charge in [0.15, 0.2) is 0 Å². The number of esters is 2. The van der Waals surface area contributed by atoms with Crippen molar-refractivity contribution in [1.82, 2.24) is 0 Å². The molecule has 6 saturated carbocycles. The van der Waals surface area contributed by atoms with E-state index in [-0.39, 0.29) is 71.1 Å². The molecule has 12 atom stereocenters. The van der Waals surface area contributed by atoms with E-state index < -0.39 is 22.0 Å². The van der Waals surface area contributed by atoms with Gasteiger partial charge < -0.3 is 19.7 Å². The molecular weight excluding hydrogens is 608 g/mol. The highest BCUT2D eigenvalue weighted by Crippen LogP contribution is 2.69. The van der Waals surface area contributed by atoms with Gasteiger partial charge in [0.05, 0.1) is 25.0 Å². The Balaban J connectivity index is 1.15. The van der Waals surface area contributed by atoms with Gasteiger partial charge >= 0.3 is 11.9 Å². The normalized spacial score (nSPS) is 50.8. The van der Waals surface area contributed by atoms with Gasteiger partial charge in [0, 0.05) is 23.7 Å². The third kappa shape index (κ3) is 3.91. The molecule has 0 saturated heterocycles. The van der Waals surface area contributed by atoms with Gasteiger partial charge in [-0.15, -0.1) is 0 Å². The topological polar surface area (TPSA) is 127 Å². The fourth-order valence-corrected chi connectivity index (χ4v) is 14.1. The number of ketones is 2. The number of methoxy groups -OCH3 is 2. The van der Waals surface area contributed by atoms with Crippen LogP contribution in [-0.4, -0.2) is 59.1 Å². The van der Waals surface area contributed by atoms with Crippen LogP contribution >= 0.6 is 0 Å². The molecule has 0 amide bonds. The summed E-state index contributed by atoms with van der Waals surface area (Å²) in [7, 11) is 2.89. The van der Waals surface area contributed by atoms with Gasteiger partial charge in [0.2, 0.25) is 0 Å². The van der Waals surface area contributed by atoms with Crippen molar-refractivity contribution >= 4 is 23.5 Å². The van der Waals surface area contributed by atoms with Crippen LogP contribution in [0.25, 0.3) is 0 Å². The lowest BCUT2D eigenvalue weighted by atomic mass is 9.44. The molecular formula is C40H54O8. The molecule has 2 N–H and O–H groups in total. The Morgan fingerprint density at radius 2 is 0.979 bits per heavy atom. The Labute approximate surface area is 284 Å². The quantitative estimate of drug-likeness (QED) is 0.286. The van der Waals surface area contributed by atoms with Crippen molar-refractivity contribution in [1.29, 1.82) is 0 Å². The van der Waals surface area contributed by atoms with Gasteiger partial charge in [-0.3, -0.25) is 19.2 Å². The third-order valence-electron chi connectivity index (χ3n) is 16.7. The molecule has 0 heterocycles. The second-order valence-electron chi connectivity index (χ2n) is 17.8. The monoisotopic (exact) mass is 662 g/mol. The number of rotatable bonds is 3. The molecule has 0 aromatic rings. The highest BCUT2D eigenvalue weighted by molar-refractivity contribution is 5.88. The molecule has 0 unspecified atom stereocenters. The summed E-state index contributed by atoms with van der Waals surface area (Å²) in [5.41, 5.74) is -3.82. The molecule has 0 bridgehead atoms. The van der Waals surface area contributed by atoms with Crippen molar-refractivity contribution in [2.24, 2.45) is 57.2 Å². The third-order valence-corrected chi connectivity index (χ3v) is 16.7. The van der Waals surface area contributed by atoms with Crippen molar-refractivity contribution in [3.8, 4) is 0 Å².